The maximum Gasteiger partial charge on any atom is 0.391 e. The van der Waals surface area contributed by atoms with Crippen LogP contribution in [0.2, 0.25) is 0 Å². The van der Waals surface area contributed by atoms with E-state index >= 15 is 0 Å². The Morgan fingerprint density at radius 2 is 2.09 bits per heavy atom. The van der Waals surface area contributed by atoms with Gasteiger partial charge in [-0.05, 0) is 31.4 Å². The molecule has 5 nitrogen and oxygen atoms in total. The van der Waals surface area contributed by atoms with Crippen molar-refractivity contribution in [3.8, 4) is 0 Å². The number of alkyl halides is 3. The molecule has 1 amide bonds. The van der Waals surface area contributed by atoms with Gasteiger partial charge in [-0.25, -0.2) is 9.78 Å². The van der Waals surface area contributed by atoms with E-state index in [0.717, 1.165) is 0 Å². The largest absolute Gasteiger partial charge is 0.465 e. The van der Waals surface area contributed by atoms with Crippen LogP contribution in [-0.4, -0.2) is 30.1 Å². The molecule has 0 spiro atoms. The van der Waals surface area contributed by atoms with E-state index in [0.29, 0.717) is 12.8 Å². The fraction of sp³-hybridized carbons (Fsp3) is 0.533. The molecule has 1 saturated carbocycles. The Labute approximate surface area is 131 Å². The molecule has 1 N–H and O–H groups in total. The van der Waals surface area contributed by atoms with Crippen molar-refractivity contribution in [3.05, 3.63) is 23.9 Å². The Morgan fingerprint density at radius 1 is 1.35 bits per heavy atom. The van der Waals surface area contributed by atoms with Crippen LogP contribution in [0.1, 0.15) is 36.0 Å². The zero-order chi connectivity index (χ0) is 17.0. The zero-order valence-corrected chi connectivity index (χ0v) is 12.5. The van der Waals surface area contributed by atoms with Crippen molar-refractivity contribution < 1.29 is 27.5 Å². The number of esters is 1. The van der Waals surface area contributed by atoms with Crippen molar-refractivity contribution in [2.45, 2.75) is 31.9 Å². The van der Waals surface area contributed by atoms with E-state index in [2.05, 4.69) is 15.0 Å². The number of halogens is 3. The number of anilines is 1. The highest BCUT2D eigenvalue weighted by Gasteiger charge is 2.43. The first kappa shape index (κ1) is 17.2. The van der Waals surface area contributed by atoms with E-state index < -0.39 is 29.9 Å². The molecule has 0 aliphatic heterocycles. The molecule has 2 atom stereocenters. The molecular weight excluding hydrogens is 313 g/mol. The molecule has 23 heavy (non-hydrogen) atoms. The molecular formula is C15H17F3N2O3. The lowest BCUT2D eigenvalue weighted by molar-refractivity contribution is -0.185. The van der Waals surface area contributed by atoms with Gasteiger partial charge in [-0.1, -0.05) is 6.42 Å². The van der Waals surface area contributed by atoms with Crippen LogP contribution in [0.5, 0.6) is 0 Å². The molecule has 0 saturated heterocycles. The number of rotatable bonds is 3. The van der Waals surface area contributed by atoms with Gasteiger partial charge in [-0.2, -0.15) is 13.2 Å². The van der Waals surface area contributed by atoms with E-state index in [1.54, 1.807) is 0 Å². The minimum atomic E-state index is -4.28. The minimum Gasteiger partial charge on any atom is -0.465 e. The summed E-state index contributed by atoms with van der Waals surface area (Å²) in [5.74, 6) is -3.13. The van der Waals surface area contributed by atoms with Gasteiger partial charge in [0.1, 0.15) is 5.82 Å². The number of carbonyl (C=O) groups is 2. The summed E-state index contributed by atoms with van der Waals surface area (Å²) < 4.78 is 42.9. The Balaban J connectivity index is 2.03. The van der Waals surface area contributed by atoms with Gasteiger partial charge in [-0.15, -0.1) is 0 Å². The van der Waals surface area contributed by atoms with E-state index in [9.17, 15) is 22.8 Å². The predicted molar refractivity (Wildman–Crippen MR) is 75.7 cm³/mol. The topological polar surface area (TPSA) is 68.3 Å². The number of hydrogen-bond donors (Lipinski definition) is 1. The number of methoxy groups -OCH3 is 1. The molecule has 8 heteroatoms. The van der Waals surface area contributed by atoms with Crippen LogP contribution in [0.15, 0.2) is 18.3 Å². The molecule has 0 radical (unpaired) electrons. The van der Waals surface area contributed by atoms with Crippen molar-refractivity contribution in [2.24, 2.45) is 11.8 Å². The number of amides is 1. The fourth-order valence-electron chi connectivity index (χ4n) is 2.70. The maximum absolute atomic E-state index is 12.8. The first-order chi connectivity index (χ1) is 10.8. The zero-order valence-electron chi connectivity index (χ0n) is 12.5. The summed E-state index contributed by atoms with van der Waals surface area (Å²) >= 11 is 0. The summed E-state index contributed by atoms with van der Waals surface area (Å²) in [6, 6.07) is 2.75. The summed E-state index contributed by atoms with van der Waals surface area (Å²) in [5, 5.41) is 2.48. The highest BCUT2D eigenvalue weighted by molar-refractivity contribution is 5.94. The second kappa shape index (κ2) is 6.97. The number of carbonyl (C=O) groups excluding carboxylic acids is 2. The van der Waals surface area contributed by atoms with Gasteiger partial charge in [0.05, 0.1) is 18.6 Å². The van der Waals surface area contributed by atoms with Gasteiger partial charge in [-0.3, -0.25) is 4.79 Å². The van der Waals surface area contributed by atoms with E-state index in [1.807, 2.05) is 0 Å². The van der Waals surface area contributed by atoms with Gasteiger partial charge in [0.25, 0.3) is 0 Å². The summed E-state index contributed by atoms with van der Waals surface area (Å²) in [5.41, 5.74) is 0.203. The van der Waals surface area contributed by atoms with E-state index in [1.165, 1.54) is 25.4 Å². The van der Waals surface area contributed by atoms with Crippen LogP contribution in [0, 0.1) is 11.8 Å². The maximum atomic E-state index is 12.8. The molecule has 1 aliphatic carbocycles. The highest BCUT2D eigenvalue weighted by atomic mass is 19.4. The van der Waals surface area contributed by atoms with Crippen LogP contribution in [-0.2, 0) is 9.53 Å². The van der Waals surface area contributed by atoms with E-state index in [4.69, 9.17) is 0 Å². The van der Waals surface area contributed by atoms with Crippen LogP contribution in [0.3, 0.4) is 0 Å². The standard InChI is InChI=1S/C15H17F3N2O3/c1-23-14(22)10-5-6-19-12(8-10)20-13(21)9-3-2-4-11(7-9)15(16,17)18/h5-6,8-9,11H,2-4,7H2,1H3,(H,19,20,21)/t9-,11+/m1/s1. The average Bonchev–Trinajstić information content (AvgIpc) is 2.53. The number of ether oxygens (including phenoxy) is 1. The summed E-state index contributed by atoms with van der Waals surface area (Å²) in [6.07, 6.45) is -2.34. The normalized spacial score (nSPS) is 21.6. The molecule has 0 aromatic carbocycles. The van der Waals surface area contributed by atoms with Gasteiger partial charge >= 0.3 is 12.1 Å². The number of nitrogens with one attached hydrogen (secondary N) is 1. The van der Waals surface area contributed by atoms with Crippen molar-refractivity contribution in [2.75, 3.05) is 12.4 Å². The van der Waals surface area contributed by atoms with Crippen molar-refractivity contribution in [1.29, 1.82) is 0 Å². The first-order valence-corrected chi connectivity index (χ1v) is 7.23. The SMILES string of the molecule is COC(=O)c1ccnc(NC(=O)[C@@H]2CCC[C@H](C(F)(F)F)C2)c1. The first-order valence-electron chi connectivity index (χ1n) is 7.23. The fourth-order valence-corrected chi connectivity index (χ4v) is 2.70. The van der Waals surface area contributed by atoms with Crippen LogP contribution in [0.4, 0.5) is 19.0 Å². The van der Waals surface area contributed by atoms with Gasteiger partial charge in [0.2, 0.25) is 5.91 Å². The Hall–Kier alpha value is -2.12. The average molecular weight is 330 g/mol. The van der Waals surface area contributed by atoms with Crippen molar-refractivity contribution >= 4 is 17.7 Å². The Bertz CT molecular complexity index is 590. The predicted octanol–water partition coefficient (Wildman–Crippen LogP) is 3.18. The number of nitrogens with zero attached hydrogens (tertiary/aromatic N) is 1. The molecule has 1 aromatic rings. The Morgan fingerprint density at radius 3 is 2.74 bits per heavy atom. The highest BCUT2D eigenvalue weighted by Crippen LogP contribution is 2.40. The molecule has 126 valence electrons. The van der Waals surface area contributed by atoms with E-state index in [-0.39, 0.29) is 24.2 Å². The third kappa shape index (κ3) is 4.43. The lowest BCUT2D eigenvalue weighted by atomic mass is 9.80. The van der Waals surface area contributed by atoms with Gasteiger partial charge < -0.3 is 10.1 Å². The van der Waals surface area contributed by atoms with Gasteiger partial charge in [0, 0.05) is 12.1 Å². The molecule has 0 bridgehead atoms. The smallest absolute Gasteiger partial charge is 0.391 e. The third-order valence-electron chi connectivity index (χ3n) is 3.94. The lowest BCUT2D eigenvalue weighted by Gasteiger charge is -2.29. The molecule has 2 rings (SSSR count). The Kier molecular flexibility index (Phi) is 5.23. The quantitative estimate of drug-likeness (QED) is 0.864. The van der Waals surface area contributed by atoms with Crippen molar-refractivity contribution in [1.82, 2.24) is 4.98 Å². The van der Waals surface area contributed by atoms with Crippen LogP contribution >= 0.6 is 0 Å². The summed E-state index contributed by atoms with van der Waals surface area (Å²) in [6.45, 7) is 0. The number of hydrogen-bond acceptors (Lipinski definition) is 4. The molecule has 1 aliphatic rings. The second-order valence-electron chi connectivity index (χ2n) is 5.51. The monoisotopic (exact) mass is 330 g/mol. The van der Waals surface area contributed by atoms with Crippen molar-refractivity contribution in [3.63, 3.8) is 0 Å². The van der Waals surface area contributed by atoms with Crippen LogP contribution < -0.4 is 5.32 Å². The minimum absolute atomic E-state index is 0.0589. The number of aromatic nitrogens is 1. The summed E-state index contributed by atoms with van der Waals surface area (Å²) in [7, 11) is 1.22. The lowest BCUT2D eigenvalue weighted by Crippen LogP contribution is -2.34. The molecule has 1 heterocycles. The number of pyridine rings is 1. The molecule has 1 aromatic heterocycles. The molecule has 0 unspecified atom stereocenters. The van der Waals surface area contributed by atoms with Crippen LogP contribution in [0.25, 0.3) is 0 Å². The summed E-state index contributed by atoms with van der Waals surface area (Å²) in [4.78, 5) is 27.5. The second-order valence-corrected chi connectivity index (χ2v) is 5.51. The molecule has 1 fully saturated rings. The van der Waals surface area contributed by atoms with Gasteiger partial charge in [0.15, 0.2) is 0 Å². The third-order valence-corrected chi connectivity index (χ3v) is 3.94.